The number of ether oxygens (including phenoxy) is 1. The van der Waals surface area contributed by atoms with Gasteiger partial charge in [-0.2, -0.15) is 0 Å². The Bertz CT molecular complexity index is 335. The molecular formula is C16H31N3O. The first kappa shape index (κ1) is 15.6. The number of guanidine groups is 1. The van der Waals surface area contributed by atoms with Crippen molar-refractivity contribution < 1.29 is 4.74 Å². The minimum absolute atomic E-state index is 0.307. The SMILES string of the molecule is COC1CCC(C)(CN=C(N)N2CCCC(C)C2)CC1. The van der Waals surface area contributed by atoms with Crippen LogP contribution in [0, 0.1) is 11.3 Å². The Labute approximate surface area is 123 Å². The lowest BCUT2D eigenvalue weighted by molar-refractivity contribution is 0.0352. The number of methoxy groups -OCH3 is 1. The van der Waals surface area contributed by atoms with Crippen LogP contribution in [0.25, 0.3) is 0 Å². The van der Waals surface area contributed by atoms with Crippen molar-refractivity contribution >= 4 is 5.96 Å². The average molecular weight is 281 g/mol. The van der Waals surface area contributed by atoms with Gasteiger partial charge in [-0.05, 0) is 49.9 Å². The van der Waals surface area contributed by atoms with E-state index in [2.05, 4.69) is 18.7 Å². The van der Waals surface area contributed by atoms with E-state index >= 15 is 0 Å². The molecule has 0 aromatic heterocycles. The quantitative estimate of drug-likeness (QED) is 0.639. The summed E-state index contributed by atoms with van der Waals surface area (Å²) in [5.74, 6) is 1.50. The van der Waals surface area contributed by atoms with Crippen LogP contribution in [0.3, 0.4) is 0 Å². The van der Waals surface area contributed by atoms with E-state index in [1.807, 2.05) is 7.11 Å². The number of rotatable bonds is 3. The number of hydrogen-bond acceptors (Lipinski definition) is 2. The zero-order valence-electron chi connectivity index (χ0n) is 13.4. The van der Waals surface area contributed by atoms with Crippen molar-refractivity contribution in [2.24, 2.45) is 22.1 Å². The number of piperidine rings is 1. The molecule has 20 heavy (non-hydrogen) atoms. The van der Waals surface area contributed by atoms with Gasteiger partial charge in [-0.15, -0.1) is 0 Å². The maximum atomic E-state index is 6.19. The third-order valence-corrected chi connectivity index (χ3v) is 5.08. The minimum atomic E-state index is 0.307. The van der Waals surface area contributed by atoms with Gasteiger partial charge < -0.3 is 15.4 Å². The molecule has 4 heteroatoms. The lowest BCUT2D eigenvalue weighted by Crippen LogP contribution is -2.44. The van der Waals surface area contributed by atoms with Crippen LogP contribution in [0.4, 0.5) is 0 Å². The van der Waals surface area contributed by atoms with Gasteiger partial charge in [0.1, 0.15) is 0 Å². The lowest BCUT2D eigenvalue weighted by atomic mass is 9.75. The molecule has 0 aromatic carbocycles. The van der Waals surface area contributed by atoms with Crippen LogP contribution in [0.2, 0.25) is 0 Å². The molecule has 2 aliphatic rings. The number of hydrogen-bond donors (Lipinski definition) is 1. The van der Waals surface area contributed by atoms with Gasteiger partial charge in [-0.25, -0.2) is 0 Å². The van der Waals surface area contributed by atoms with E-state index in [0.29, 0.717) is 11.5 Å². The fourth-order valence-electron chi connectivity index (χ4n) is 3.45. The largest absolute Gasteiger partial charge is 0.381 e. The molecule has 1 saturated heterocycles. The van der Waals surface area contributed by atoms with E-state index in [-0.39, 0.29) is 0 Å². The summed E-state index contributed by atoms with van der Waals surface area (Å²) in [4.78, 5) is 6.97. The van der Waals surface area contributed by atoms with Crippen molar-refractivity contribution in [3.05, 3.63) is 0 Å². The molecule has 2 rings (SSSR count). The van der Waals surface area contributed by atoms with Gasteiger partial charge in [-0.3, -0.25) is 4.99 Å². The molecule has 0 radical (unpaired) electrons. The highest BCUT2D eigenvalue weighted by atomic mass is 16.5. The summed E-state index contributed by atoms with van der Waals surface area (Å²) in [7, 11) is 1.82. The van der Waals surface area contributed by atoms with Gasteiger partial charge in [0.05, 0.1) is 6.10 Å². The molecule has 0 amide bonds. The molecule has 4 nitrogen and oxygen atoms in total. The summed E-state index contributed by atoms with van der Waals surface area (Å²) in [5, 5.41) is 0. The number of likely N-dealkylation sites (tertiary alicyclic amines) is 1. The van der Waals surface area contributed by atoms with Crippen molar-refractivity contribution in [1.82, 2.24) is 4.90 Å². The number of aliphatic imine (C=N–C) groups is 1. The van der Waals surface area contributed by atoms with Crippen LogP contribution in [-0.4, -0.2) is 43.7 Å². The Morgan fingerprint density at radius 3 is 2.65 bits per heavy atom. The monoisotopic (exact) mass is 281 g/mol. The predicted octanol–water partition coefficient (Wildman–Crippen LogP) is 2.63. The van der Waals surface area contributed by atoms with Crippen molar-refractivity contribution in [2.45, 2.75) is 58.5 Å². The van der Waals surface area contributed by atoms with Crippen molar-refractivity contribution in [2.75, 3.05) is 26.7 Å². The van der Waals surface area contributed by atoms with Crippen LogP contribution in [-0.2, 0) is 4.74 Å². The summed E-state index contributed by atoms with van der Waals surface area (Å²) in [5.41, 5.74) is 6.50. The Morgan fingerprint density at radius 2 is 2.05 bits per heavy atom. The highest BCUT2D eigenvalue weighted by Crippen LogP contribution is 2.37. The standard InChI is InChI=1S/C16H31N3O/c1-13-5-4-10-19(11-13)15(17)18-12-16(2)8-6-14(20-3)7-9-16/h13-14H,4-12H2,1-3H3,(H2,17,18). The van der Waals surface area contributed by atoms with E-state index in [4.69, 9.17) is 15.5 Å². The topological polar surface area (TPSA) is 50.9 Å². The molecule has 0 aromatic rings. The van der Waals surface area contributed by atoms with Crippen molar-refractivity contribution in [3.8, 4) is 0 Å². The van der Waals surface area contributed by atoms with E-state index < -0.39 is 0 Å². The fourth-order valence-corrected chi connectivity index (χ4v) is 3.45. The molecule has 2 fully saturated rings. The number of nitrogens with two attached hydrogens (primary N) is 1. The Hall–Kier alpha value is -0.770. The second-order valence-corrected chi connectivity index (χ2v) is 7.11. The van der Waals surface area contributed by atoms with Gasteiger partial charge in [0.25, 0.3) is 0 Å². The Kier molecular flexibility index (Phi) is 5.30. The molecule has 1 unspecified atom stereocenters. The summed E-state index contributed by atoms with van der Waals surface area (Å²) in [6, 6.07) is 0. The van der Waals surface area contributed by atoms with Crippen LogP contribution < -0.4 is 5.73 Å². The second kappa shape index (κ2) is 6.79. The first-order valence-electron chi connectivity index (χ1n) is 8.10. The van der Waals surface area contributed by atoms with Gasteiger partial charge in [-0.1, -0.05) is 13.8 Å². The molecule has 1 heterocycles. The van der Waals surface area contributed by atoms with E-state index in [1.54, 1.807) is 0 Å². The van der Waals surface area contributed by atoms with E-state index in [1.165, 1.54) is 25.7 Å². The highest BCUT2D eigenvalue weighted by molar-refractivity contribution is 5.78. The smallest absolute Gasteiger partial charge is 0.191 e. The van der Waals surface area contributed by atoms with E-state index in [0.717, 1.165) is 44.4 Å². The lowest BCUT2D eigenvalue weighted by Gasteiger charge is -2.36. The molecule has 116 valence electrons. The molecular weight excluding hydrogens is 250 g/mol. The number of nitrogens with zero attached hydrogens (tertiary/aromatic N) is 2. The van der Waals surface area contributed by atoms with Gasteiger partial charge >= 0.3 is 0 Å². The first-order chi connectivity index (χ1) is 9.52. The Morgan fingerprint density at radius 1 is 1.35 bits per heavy atom. The minimum Gasteiger partial charge on any atom is -0.381 e. The second-order valence-electron chi connectivity index (χ2n) is 7.11. The third kappa shape index (κ3) is 4.11. The summed E-state index contributed by atoms with van der Waals surface area (Å²) >= 11 is 0. The van der Waals surface area contributed by atoms with Crippen LogP contribution in [0.5, 0.6) is 0 Å². The molecule has 1 atom stereocenters. The molecule has 1 aliphatic carbocycles. The van der Waals surface area contributed by atoms with Crippen molar-refractivity contribution in [1.29, 1.82) is 0 Å². The van der Waals surface area contributed by atoms with E-state index in [9.17, 15) is 0 Å². The van der Waals surface area contributed by atoms with Crippen molar-refractivity contribution in [3.63, 3.8) is 0 Å². The summed E-state index contributed by atoms with van der Waals surface area (Å²) in [6.45, 7) is 7.64. The predicted molar refractivity (Wildman–Crippen MR) is 83.8 cm³/mol. The summed E-state index contributed by atoms with van der Waals surface area (Å²) in [6.07, 6.45) is 7.71. The summed E-state index contributed by atoms with van der Waals surface area (Å²) < 4.78 is 5.45. The molecule has 2 N–H and O–H groups in total. The fraction of sp³-hybridized carbons (Fsp3) is 0.938. The van der Waals surface area contributed by atoms with Crippen LogP contribution >= 0.6 is 0 Å². The van der Waals surface area contributed by atoms with Gasteiger partial charge in [0.15, 0.2) is 5.96 Å². The van der Waals surface area contributed by atoms with Crippen LogP contribution in [0.15, 0.2) is 4.99 Å². The van der Waals surface area contributed by atoms with Gasteiger partial charge in [0.2, 0.25) is 0 Å². The Balaban J connectivity index is 1.85. The molecule has 0 bridgehead atoms. The third-order valence-electron chi connectivity index (χ3n) is 5.08. The average Bonchev–Trinajstić information content (AvgIpc) is 2.46. The normalized spacial score (nSPS) is 36.1. The zero-order valence-corrected chi connectivity index (χ0v) is 13.4. The molecule has 0 spiro atoms. The van der Waals surface area contributed by atoms with Gasteiger partial charge in [0, 0.05) is 26.7 Å². The maximum Gasteiger partial charge on any atom is 0.191 e. The maximum absolute atomic E-state index is 6.19. The van der Waals surface area contributed by atoms with Crippen LogP contribution in [0.1, 0.15) is 52.4 Å². The first-order valence-corrected chi connectivity index (χ1v) is 8.10. The molecule has 1 saturated carbocycles. The zero-order chi connectivity index (χ0) is 14.6. The highest BCUT2D eigenvalue weighted by Gasteiger charge is 2.31. The molecule has 1 aliphatic heterocycles.